The van der Waals surface area contributed by atoms with Crippen LogP contribution < -0.4 is 5.73 Å². The fourth-order valence-electron chi connectivity index (χ4n) is 1.71. The normalized spacial score (nSPS) is 18.8. The van der Waals surface area contributed by atoms with E-state index in [0.717, 1.165) is 18.0 Å². The first-order valence-electron chi connectivity index (χ1n) is 5.51. The molecule has 3 nitrogen and oxygen atoms in total. The van der Waals surface area contributed by atoms with E-state index in [1.54, 1.807) is 18.4 Å². The highest BCUT2D eigenvalue weighted by Crippen LogP contribution is 2.38. The van der Waals surface area contributed by atoms with Crippen molar-refractivity contribution >= 4 is 11.3 Å². The molecule has 2 N–H and O–H groups in total. The van der Waals surface area contributed by atoms with Crippen molar-refractivity contribution in [2.75, 3.05) is 13.7 Å². The Morgan fingerprint density at radius 2 is 2.47 bits per heavy atom. The van der Waals surface area contributed by atoms with E-state index in [2.05, 4.69) is 10.4 Å². The molecule has 0 aromatic carbocycles. The van der Waals surface area contributed by atoms with Crippen LogP contribution in [0.3, 0.4) is 0 Å². The number of hydrogen-bond donors (Lipinski definition) is 1. The minimum Gasteiger partial charge on any atom is -0.385 e. The molecule has 2 rings (SSSR count). The number of hydrogen-bond acceptors (Lipinski definition) is 4. The molecular weight excluding hydrogens is 208 g/mol. The van der Waals surface area contributed by atoms with Crippen LogP contribution in [0, 0.1) is 0 Å². The molecule has 1 atom stereocenters. The Kier molecular flexibility index (Phi) is 3.72. The van der Waals surface area contributed by atoms with Crippen LogP contribution in [0.4, 0.5) is 0 Å². The molecule has 84 valence electrons. The highest BCUT2D eigenvalue weighted by Gasteiger charge is 2.23. The Morgan fingerprint density at radius 1 is 1.67 bits per heavy atom. The molecule has 0 amide bonds. The van der Waals surface area contributed by atoms with E-state index in [1.165, 1.54) is 24.3 Å². The van der Waals surface area contributed by atoms with E-state index in [4.69, 9.17) is 10.5 Å². The van der Waals surface area contributed by atoms with Gasteiger partial charge in [-0.1, -0.05) is 6.42 Å². The van der Waals surface area contributed by atoms with Gasteiger partial charge in [-0.25, -0.2) is 4.98 Å². The molecule has 1 aliphatic carbocycles. The standard InChI is InChI=1S/C11H18N2OS/c1-14-6-5-9(12)10-7-15-11(13-10)8-3-2-4-8/h7-9H,2-6,12H2,1H3. The monoisotopic (exact) mass is 226 g/mol. The summed E-state index contributed by atoms with van der Waals surface area (Å²) in [6.07, 6.45) is 4.82. The molecule has 1 heterocycles. The van der Waals surface area contributed by atoms with Gasteiger partial charge in [0.2, 0.25) is 0 Å². The molecule has 1 aliphatic rings. The Bertz CT molecular complexity index is 309. The molecule has 0 bridgehead atoms. The number of nitrogens with zero attached hydrogens (tertiary/aromatic N) is 1. The molecule has 0 saturated heterocycles. The average Bonchev–Trinajstić information content (AvgIpc) is 2.60. The summed E-state index contributed by atoms with van der Waals surface area (Å²) in [7, 11) is 1.70. The molecule has 1 fully saturated rings. The van der Waals surface area contributed by atoms with E-state index in [0.29, 0.717) is 6.61 Å². The summed E-state index contributed by atoms with van der Waals surface area (Å²) in [6.45, 7) is 0.706. The van der Waals surface area contributed by atoms with Crippen molar-refractivity contribution in [3.63, 3.8) is 0 Å². The average molecular weight is 226 g/mol. The zero-order valence-corrected chi connectivity index (χ0v) is 9.93. The highest BCUT2D eigenvalue weighted by molar-refractivity contribution is 7.09. The summed E-state index contributed by atoms with van der Waals surface area (Å²) < 4.78 is 5.02. The molecule has 15 heavy (non-hydrogen) atoms. The maximum Gasteiger partial charge on any atom is 0.0959 e. The van der Waals surface area contributed by atoms with Crippen molar-refractivity contribution in [3.05, 3.63) is 16.1 Å². The summed E-state index contributed by atoms with van der Waals surface area (Å²) >= 11 is 1.76. The van der Waals surface area contributed by atoms with E-state index in [9.17, 15) is 0 Å². The van der Waals surface area contributed by atoms with Crippen LogP contribution in [0.15, 0.2) is 5.38 Å². The van der Waals surface area contributed by atoms with Crippen LogP contribution >= 0.6 is 11.3 Å². The lowest BCUT2D eigenvalue weighted by Gasteiger charge is -2.22. The lowest BCUT2D eigenvalue weighted by molar-refractivity contribution is 0.187. The number of rotatable bonds is 5. The minimum atomic E-state index is 0.0371. The second kappa shape index (κ2) is 5.05. The molecule has 1 saturated carbocycles. The fraction of sp³-hybridized carbons (Fsp3) is 0.727. The van der Waals surface area contributed by atoms with Gasteiger partial charge in [-0.05, 0) is 19.3 Å². The van der Waals surface area contributed by atoms with Crippen LogP contribution in [-0.4, -0.2) is 18.7 Å². The Morgan fingerprint density at radius 3 is 3.07 bits per heavy atom. The fourth-order valence-corrected chi connectivity index (χ4v) is 2.76. The summed E-state index contributed by atoms with van der Waals surface area (Å²) in [5.74, 6) is 0.721. The largest absolute Gasteiger partial charge is 0.385 e. The van der Waals surface area contributed by atoms with Gasteiger partial charge in [0.15, 0.2) is 0 Å². The number of ether oxygens (including phenoxy) is 1. The van der Waals surface area contributed by atoms with Gasteiger partial charge >= 0.3 is 0 Å². The van der Waals surface area contributed by atoms with Crippen molar-refractivity contribution < 1.29 is 4.74 Å². The van der Waals surface area contributed by atoms with Crippen molar-refractivity contribution in [2.24, 2.45) is 5.73 Å². The van der Waals surface area contributed by atoms with E-state index in [-0.39, 0.29) is 6.04 Å². The second-order valence-electron chi connectivity index (χ2n) is 4.13. The third kappa shape index (κ3) is 2.56. The van der Waals surface area contributed by atoms with Crippen molar-refractivity contribution in [1.82, 2.24) is 4.98 Å². The highest BCUT2D eigenvalue weighted by atomic mass is 32.1. The van der Waals surface area contributed by atoms with Gasteiger partial charge in [-0.2, -0.15) is 0 Å². The van der Waals surface area contributed by atoms with Crippen LogP contribution in [0.25, 0.3) is 0 Å². The van der Waals surface area contributed by atoms with Gasteiger partial charge in [-0.3, -0.25) is 0 Å². The first kappa shape index (κ1) is 11.0. The minimum absolute atomic E-state index is 0.0371. The summed E-state index contributed by atoms with van der Waals surface area (Å²) in [5, 5.41) is 3.39. The van der Waals surface area contributed by atoms with Crippen molar-refractivity contribution in [2.45, 2.75) is 37.6 Å². The third-order valence-electron chi connectivity index (χ3n) is 3.01. The molecule has 0 spiro atoms. The second-order valence-corrected chi connectivity index (χ2v) is 5.02. The Labute approximate surface area is 94.7 Å². The van der Waals surface area contributed by atoms with Crippen LogP contribution in [0.1, 0.15) is 48.3 Å². The number of methoxy groups -OCH3 is 1. The number of thiazole rings is 1. The first-order chi connectivity index (χ1) is 7.31. The maximum atomic E-state index is 6.02. The van der Waals surface area contributed by atoms with Gasteiger partial charge in [-0.15, -0.1) is 11.3 Å². The zero-order chi connectivity index (χ0) is 10.7. The molecular formula is C11H18N2OS. The predicted octanol–water partition coefficient (Wildman–Crippen LogP) is 2.45. The first-order valence-corrected chi connectivity index (χ1v) is 6.39. The Balaban J connectivity index is 1.93. The molecule has 1 aromatic rings. The topological polar surface area (TPSA) is 48.1 Å². The van der Waals surface area contributed by atoms with Crippen molar-refractivity contribution in [3.8, 4) is 0 Å². The van der Waals surface area contributed by atoms with Crippen molar-refractivity contribution in [1.29, 1.82) is 0 Å². The zero-order valence-electron chi connectivity index (χ0n) is 9.11. The van der Waals surface area contributed by atoms with E-state index in [1.807, 2.05) is 0 Å². The smallest absolute Gasteiger partial charge is 0.0959 e. The van der Waals surface area contributed by atoms with Gasteiger partial charge in [0.25, 0.3) is 0 Å². The molecule has 0 aliphatic heterocycles. The summed E-state index contributed by atoms with van der Waals surface area (Å²) in [6, 6.07) is 0.0371. The van der Waals surface area contributed by atoms with Crippen LogP contribution in [0.2, 0.25) is 0 Å². The lowest BCUT2D eigenvalue weighted by atomic mass is 9.86. The number of nitrogens with two attached hydrogens (primary N) is 1. The van der Waals surface area contributed by atoms with Crippen LogP contribution in [0.5, 0.6) is 0 Å². The Hall–Kier alpha value is -0.450. The SMILES string of the molecule is COCCC(N)c1csc(C2CCC2)n1. The van der Waals surface area contributed by atoms with Gasteiger partial charge < -0.3 is 10.5 Å². The van der Waals surface area contributed by atoms with Crippen LogP contribution in [-0.2, 0) is 4.74 Å². The number of aromatic nitrogens is 1. The lowest BCUT2D eigenvalue weighted by Crippen LogP contribution is -2.14. The van der Waals surface area contributed by atoms with E-state index < -0.39 is 0 Å². The molecule has 4 heteroatoms. The quantitative estimate of drug-likeness (QED) is 0.839. The summed E-state index contributed by atoms with van der Waals surface area (Å²) in [4.78, 5) is 4.62. The molecule has 1 aromatic heterocycles. The van der Waals surface area contributed by atoms with E-state index >= 15 is 0 Å². The maximum absolute atomic E-state index is 6.02. The predicted molar refractivity (Wildman–Crippen MR) is 62.1 cm³/mol. The summed E-state index contributed by atoms with van der Waals surface area (Å²) in [5.41, 5.74) is 7.06. The van der Waals surface area contributed by atoms with Gasteiger partial charge in [0.05, 0.1) is 16.7 Å². The molecule has 1 unspecified atom stereocenters. The van der Waals surface area contributed by atoms with Gasteiger partial charge in [0.1, 0.15) is 0 Å². The third-order valence-corrected chi connectivity index (χ3v) is 4.03. The molecule has 0 radical (unpaired) electrons. The van der Waals surface area contributed by atoms with Gasteiger partial charge in [0, 0.05) is 25.0 Å².